The van der Waals surface area contributed by atoms with Gasteiger partial charge in [0.25, 0.3) is 0 Å². The Balaban J connectivity index is 2.56. The van der Waals surface area contributed by atoms with Gasteiger partial charge in [-0.15, -0.1) is 0 Å². The fourth-order valence-electron chi connectivity index (χ4n) is 1.66. The number of hydrogen-bond donors (Lipinski definition) is 2. The molecular weight excluding hydrogens is 214 g/mol. The van der Waals surface area contributed by atoms with Crippen LogP contribution in [-0.2, 0) is 6.42 Å². The van der Waals surface area contributed by atoms with Crippen LogP contribution < -0.4 is 11.3 Å². The van der Waals surface area contributed by atoms with E-state index in [1.165, 1.54) is 0 Å². The fourth-order valence-corrected chi connectivity index (χ4v) is 1.66. The number of hydrazine groups is 1. The molecule has 0 saturated heterocycles. The van der Waals surface area contributed by atoms with E-state index in [4.69, 9.17) is 5.84 Å². The van der Waals surface area contributed by atoms with Gasteiger partial charge in [0.1, 0.15) is 11.5 Å². The molecule has 2 aromatic rings. The third kappa shape index (κ3) is 2.24. The molecule has 0 amide bonds. The molecule has 0 aliphatic heterocycles. The molecule has 0 aromatic carbocycles. The second kappa shape index (κ2) is 4.88. The number of nitrogens with one attached hydrogen (secondary N) is 1. The van der Waals surface area contributed by atoms with Crippen molar-refractivity contribution in [3.05, 3.63) is 35.7 Å². The van der Waals surface area contributed by atoms with Crippen molar-refractivity contribution in [2.24, 2.45) is 5.84 Å². The lowest BCUT2D eigenvalue weighted by atomic mass is 10.2. The number of nitrogens with zero attached hydrogens (tertiary/aromatic N) is 3. The van der Waals surface area contributed by atoms with Crippen LogP contribution in [0.5, 0.6) is 0 Å². The molecule has 5 heteroatoms. The molecule has 2 aromatic heterocycles. The molecule has 5 nitrogen and oxygen atoms in total. The lowest BCUT2D eigenvalue weighted by Gasteiger charge is -2.10. The second-order valence-electron chi connectivity index (χ2n) is 3.68. The van der Waals surface area contributed by atoms with Crippen molar-refractivity contribution in [2.45, 2.75) is 20.3 Å². The molecule has 88 valence electrons. The Morgan fingerprint density at radius 3 is 2.71 bits per heavy atom. The average molecular weight is 229 g/mol. The molecular formula is C12H15N5. The number of aryl methyl sites for hydroxylation is 1. The van der Waals surface area contributed by atoms with Crippen LogP contribution in [0.4, 0.5) is 5.82 Å². The molecule has 0 saturated carbocycles. The molecule has 0 spiro atoms. The molecule has 0 atom stereocenters. The highest BCUT2D eigenvalue weighted by molar-refractivity contribution is 5.55. The Hall–Kier alpha value is -2.01. The fraction of sp³-hybridized carbons (Fsp3) is 0.250. The normalized spacial score (nSPS) is 10.3. The van der Waals surface area contributed by atoms with Gasteiger partial charge >= 0.3 is 0 Å². The molecule has 2 rings (SSSR count). The highest BCUT2D eigenvalue weighted by Crippen LogP contribution is 2.20. The first-order chi connectivity index (χ1) is 8.26. The Morgan fingerprint density at radius 2 is 2.12 bits per heavy atom. The van der Waals surface area contributed by atoms with Gasteiger partial charge in [-0.2, -0.15) is 0 Å². The second-order valence-corrected chi connectivity index (χ2v) is 3.68. The van der Waals surface area contributed by atoms with E-state index in [0.29, 0.717) is 11.6 Å². The number of hydrogen-bond acceptors (Lipinski definition) is 5. The minimum absolute atomic E-state index is 0.598. The van der Waals surface area contributed by atoms with E-state index in [0.717, 1.165) is 23.4 Å². The van der Waals surface area contributed by atoms with E-state index in [9.17, 15) is 0 Å². The quantitative estimate of drug-likeness (QED) is 0.618. The molecule has 0 unspecified atom stereocenters. The summed E-state index contributed by atoms with van der Waals surface area (Å²) in [6, 6.07) is 5.65. The maximum atomic E-state index is 5.46. The van der Waals surface area contributed by atoms with Crippen molar-refractivity contribution < 1.29 is 0 Å². The van der Waals surface area contributed by atoms with Crippen molar-refractivity contribution in [3.8, 4) is 11.5 Å². The lowest BCUT2D eigenvalue weighted by Crippen LogP contribution is -2.13. The minimum atomic E-state index is 0.598. The zero-order valence-electron chi connectivity index (χ0n) is 9.94. The number of pyridine rings is 1. The third-order valence-corrected chi connectivity index (χ3v) is 2.61. The van der Waals surface area contributed by atoms with E-state index in [1.807, 2.05) is 25.1 Å². The van der Waals surface area contributed by atoms with E-state index >= 15 is 0 Å². The van der Waals surface area contributed by atoms with Gasteiger partial charge in [-0.05, 0) is 25.5 Å². The van der Waals surface area contributed by atoms with Crippen LogP contribution in [-0.4, -0.2) is 15.0 Å². The molecule has 0 radical (unpaired) electrons. The zero-order chi connectivity index (χ0) is 12.3. The van der Waals surface area contributed by atoms with E-state index in [-0.39, 0.29) is 0 Å². The summed E-state index contributed by atoms with van der Waals surface area (Å²) in [7, 11) is 0. The summed E-state index contributed by atoms with van der Waals surface area (Å²) in [5, 5.41) is 0. The predicted octanol–water partition coefficient (Wildman–Crippen LogP) is 1.70. The van der Waals surface area contributed by atoms with Gasteiger partial charge in [-0.25, -0.2) is 15.8 Å². The Bertz CT molecular complexity index is 485. The van der Waals surface area contributed by atoms with Gasteiger partial charge in [-0.3, -0.25) is 4.98 Å². The van der Waals surface area contributed by atoms with Crippen LogP contribution >= 0.6 is 0 Å². The van der Waals surface area contributed by atoms with Crippen molar-refractivity contribution in [1.82, 2.24) is 15.0 Å². The van der Waals surface area contributed by atoms with E-state index in [1.54, 1.807) is 6.20 Å². The van der Waals surface area contributed by atoms with Gasteiger partial charge in [0.15, 0.2) is 5.82 Å². The molecule has 3 N–H and O–H groups in total. The highest BCUT2D eigenvalue weighted by atomic mass is 15.3. The molecule has 0 aliphatic carbocycles. The predicted molar refractivity (Wildman–Crippen MR) is 67.2 cm³/mol. The first kappa shape index (κ1) is 11.5. The van der Waals surface area contributed by atoms with Gasteiger partial charge in [0.2, 0.25) is 0 Å². The molecule has 2 heterocycles. The summed E-state index contributed by atoms with van der Waals surface area (Å²) in [5.74, 6) is 6.71. The first-order valence-electron chi connectivity index (χ1n) is 5.51. The summed E-state index contributed by atoms with van der Waals surface area (Å²) in [4.78, 5) is 13.1. The summed E-state index contributed by atoms with van der Waals surface area (Å²) in [6.45, 7) is 4.01. The highest BCUT2D eigenvalue weighted by Gasteiger charge is 2.10. The maximum absolute atomic E-state index is 5.46. The summed E-state index contributed by atoms with van der Waals surface area (Å²) in [5.41, 5.74) is 5.31. The largest absolute Gasteiger partial charge is 0.308 e. The summed E-state index contributed by atoms with van der Waals surface area (Å²) in [6.07, 6.45) is 2.56. The molecule has 0 aliphatic rings. The van der Waals surface area contributed by atoms with Crippen LogP contribution in [0, 0.1) is 6.92 Å². The Labute approximate surface area is 100 Å². The summed E-state index contributed by atoms with van der Waals surface area (Å²) < 4.78 is 0. The van der Waals surface area contributed by atoms with Gasteiger partial charge < -0.3 is 5.43 Å². The minimum Gasteiger partial charge on any atom is -0.308 e. The van der Waals surface area contributed by atoms with Crippen LogP contribution in [0.15, 0.2) is 24.4 Å². The number of aromatic nitrogens is 3. The number of nitrogens with two attached hydrogens (primary N) is 1. The van der Waals surface area contributed by atoms with E-state index in [2.05, 4.69) is 27.3 Å². The van der Waals surface area contributed by atoms with Crippen molar-refractivity contribution in [2.75, 3.05) is 5.43 Å². The standard InChI is InChI=1S/C12H15N5/c1-3-9-8(2)11(17-13)16-12(15-9)10-6-4-5-7-14-10/h4-7H,3,13H2,1-2H3,(H,15,16,17). The van der Waals surface area contributed by atoms with Crippen LogP contribution in [0.3, 0.4) is 0 Å². The zero-order valence-corrected chi connectivity index (χ0v) is 9.94. The first-order valence-corrected chi connectivity index (χ1v) is 5.51. The number of rotatable bonds is 3. The van der Waals surface area contributed by atoms with Crippen LogP contribution in [0.2, 0.25) is 0 Å². The molecule has 17 heavy (non-hydrogen) atoms. The maximum Gasteiger partial charge on any atom is 0.180 e. The van der Waals surface area contributed by atoms with E-state index < -0.39 is 0 Å². The van der Waals surface area contributed by atoms with Gasteiger partial charge in [0.05, 0.1) is 0 Å². The smallest absolute Gasteiger partial charge is 0.180 e. The van der Waals surface area contributed by atoms with Crippen molar-refractivity contribution >= 4 is 5.82 Å². The monoisotopic (exact) mass is 229 g/mol. The topological polar surface area (TPSA) is 76.7 Å². The third-order valence-electron chi connectivity index (χ3n) is 2.61. The van der Waals surface area contributed by atoms with Crippen LogP contribution in [0.1, 0.15) is 18.2 Å². The summed E-state index contributed by atoms with van der Waals surface area (Å²) >= 11 is 0. The molecule has 0 bridgehead atoms. The number of anilines is 1. The number of nitrogen functional groups attached to an aromatic ring is 1. The Kier molecular flexibility index (Phi) is 3.30. The van der Waals surface area contributed by atoms with Crippen molar-refractivity contribution in [3.63, 3.8) is 0 Å². The average Bonchev–Trinajstić information content (AvgIpc) is 2.40. The van der Waals surface area contributed by atoms with Gasteiger partial charge in [0, 0.05) is 17.5 Å². The van der Waals surface area contributed by atoms with Gasteiger partial charge in [-0.1, -0.05) is 13.0 Å². The SMILES string of the molecule is CCc1nc(-c2ccccn2)nc(NN)c1C. The Morgan fingerprint density at radius 1 is 1.29 bits per heavy atom. The van der Waals surface area contributed by atoms with Crippen LogP contribution in [0.25, 0.3) is 11.5 Å². The lowest BCUT2D eigenvalue weighted by molar-refractivity contribution is 0.967. The van der Waals surface area contributed by atoms with Crippen molar-refractivity contribution in [1.29, 1.82) is 0 Å². The molecule has 0 fully saturated rings.